The predicted molar refractivity (Wildman–Crippen MR) is 89.3 cm³/mol. The fourth-order valence-corrected chi connectivity index (χ4v) is 3.02. The number of aromatic nitrogens is 1. The van der Waals surface area contributed by atoms with Crippen LogP contribution in [0.1, 0.15) is 21.0 Å². The first kappa shape index (κ1) is 15.9. The summed E-state index contributed by atoms with van der Waals surface area (Å²) >= 11 is 1.01. The fourth-order valence-electron chi connectivity index (χ4n) is 2.15. The first-order chi connectivity index (χ1) is 11.3. The summed E-state index contributed by atoms with van der Waals surface area (Å²) in [6.07, 6.45) is 0. The van der Waals surface area contributed by atoms with Crippen molar-refractivity contribution in [1.29, 1.82) is 0 Å². The van der Waals surface area contributed by atoms with Crippen LogP contribution >= 0.6 is 11.3 Å². The molecular weight excluding hydrogens is 334 g/mol. The van der Waals surface area contributed by atoms with E-state index in [2.05, 4.69) is 10.5 Å². The average molecular weight is 347 g/mol. The lowest BCUT2D eigenvalue weighted by Gasteiger charge is -2.13. The maximum absolute atomic E-state index is 12.5. The molecule has 0 aliphatic heterocycles. The number of carbonyl (C=O) groups is 1. The highest BCUT2D eigenvalue weighted by Crippen LogP contribution is 2.37. The Morgan fingerprint density at radius 1 is 1.33 bits per heavy atom. The molecule has 8 nitrogen and oxygen atoms in total. The number of anilines is 3. The molecule has 3 rings (SSSR count). The number of rotatable bonds is 4. The third-order valence-electron chi connectivity index (χ3n) is 3.63. The normalized spacial score (nSPS) is 11.0. The number of amides is 1. The maximum atomic E-state index is 12.5. The van der Waals surface area contributed by atoms with Gasteiger partial charge >= 0.3 is 0 Å². The summed E-state index contributed by atoms with van der Waals surface area (Å²) in [4.78, 5) is 36.5. The summed E-state index contributed by atoms with van der Waals surface area (Å²) in [6.45, 7) is 3.22. The van der Waals surface area contributed by atoms with Gasteiger partial charge in [-0.05, 0) is 13.8 Å². The van der Waals surface area contributed by atoms with Crippen LogP contribution in [0.4, 0.5) is 17.2 Å². The molecule has 2 aromatic heterocycles. The highest BCUT2D eigenvalue weighted by atomic mass is 32.1. The molecule has 0 radical (unpaired) electrons. The van der Waals surface area contributed by atoms with Crippen molar-refractivity contribution in [3.05, 3.63) is 48.1 Å². The fraction of sp³-hybridized carbons (Fsp3) is 0.200. The van der Waals surface area contributed by atoms with Gasteiger partial charge in [0.05, 0.1) is 11.4 Å². The van der Waals surface area contributed by atoms with E-state index >= 15 is 0 Å². The monoisotopic (exact) mass is 347 g/mol. The molecule has 9 heteroatoms. The van der Waals surface area contributed by atoms with E-state index in [0.29, 0.717) is 17.1 Å². The van der Waals surface area contributed by atoms with Crippen LogP contribution in [0.5, 0.6) is 5.75 Å². The van der Waals surface area contributed by atoms with E-state index in [-0.39, 0.29) is 22.0 Å². The standard InChI is InChI=1S/C15H13N3O5S/c1-6-4-9(17-23-6)18(3)15(22)14-12(20)8(5-24-14)16-10-7(2)11(19)13(10)21/h4-5,16,20H,1-3H3. The molecule has 0 atom stereocenters. The highest BCUT2D eigenvalue weighted by Gasteiger charge is 2.25. The Morgan fingerprint density at radius 2 is 2.04 bits per heavy atom. The van der Waals surface area contributed by atoms with Gasteiger partial charge in [0.25, 0.3) is 5.91 Å². The van der Waals surface area contributed by atoms with Crippen LogP contribution in [0, 0.1) is 13.8 Å². The second-order valence-corrected chi connectivity index (χ2v) is 6.15. The Bertz CT molecular complexity index is 1010. The molecule has 0 fully saturated rings. The number of aryl methyl sites for hydroxylation is 1. The van der Waals surface area contributed by atoms with Gasteiger partial charge in [0.2, 0.25) is 10.9 Å². The summed E-state index contributed by atoms with van der Waals surface area (Å²) in [5.41, 5.74) is -0.560. The molecule has 0 saturated carbocycles. The zero-order chi connectivity index (χ0) is 17.6. The van der Waals surface area contributed by atoms with E-state index in [1.165, 1.54) is 24.3 Å². The number of nitrogens with zero attached hydrogens (tertiary/aromatic N) is 2. The molecule has 0 bridgehead atoms. The lowest BCUT2D eigenvalue weighted by Crippen LogP contribution is -2.35. The third kappa shape index (κ3) is 2.38. The van der Waals surface area contributed by atoms with Gasteiger partial charge in [-0.15, -0.1) is 11.3 Å². The van der Waals surface area contributed by atoms with Gasteiger partial charge in [-0.2, -0.15) is 0 Å². The van der Waals surface area contributed by atoms with Crippen LogP contribution in [0.15, 0.2) is 25.6 Å². The van der Waals surface area contributed by atoms with Gasteiger partial charge in [-0.3, -0.25) is 19.3 Å². The summed E-state index contributed by atoms with van der Waals surface area (Å²) in [6, 6.07) is 1.59. The number of carbonyl (C=O) groups excluding carboxylic acids is 1. The van der Waals surface area contributed by atoms with Crippen molar-refractivity contribution in [2.45, 2.75) is 13.8 Å². The van der Waals surface area contributed by atoms with Gasteiger partial charge in [0.15, 0.2) is 11.6 Å². The van der Waals surface area contributed by atoms with Crippen LogP contribution in [-0.4, -0.2) is 23.2 Å². The number of thiophene rings is 1. The minimum absolute atomic E-state index is 0.0806. The van der Waals surface area contributed by atoms with E-state index < -0.39 is 16.8 Å². The largest absolute Gasteiger partial charge is 0.504 e. The topological polar surface area (TPSA) is 113 Å². The molecule has 1 aromatic carbocycles. The molecule has 0 unspecified atom stereocenters. The zero-order valence-electron chi connectivity index (χ0n) is 13.0. The van der Waals surface area contributed by atoms with Gasteiger partial charge in [-0.1, -0.05) is 5.16 Å². The lowest BCUT2D eigenvalue weighted by molar-refractivity contribution is 0.0993. The predicted octanol–water partition coefficient (Wildman–Crippen LogP) is 1.67. The Kier molecular flexibility index (Phi) is 3.72. The molecule has 3 aromatic rings. The van der Waals surface area contributed by atoms with E-state index in [9.17, 15) is 19.5 Å². The number of hydrogen-bond acceptors (Lipinski definition) is 8. The van der Waals surface area contributed by atoms with Gasteiger partial charge in [0, 0.05) is 24.1 Å². The Labute approximate surface area is 139 Å². The molecule has 0 aliphatic rings. The smallest absolute Gasteiger partial charge is 0.273 e. The van der Waals surface area contributed by atoms with Crippen molar-refractivity contribution >= 4 is 34.4 Å². The SMILES string of the molecule is Cc1cc(N(C)C(=O)c2scc(Nc3c(C)c(=O)c3=O)c2O)no1. The van der Waals surface area contributed by atoms with Crippen molar-refractivity contribution in [2.24, 2.45) is 0 Å². The zero-order valence-corrected chi connectivity index (χ0v) is 13.9. The van der Waals surface area contributed by atoms with Crippen molar-refractivity contribution < 1.29 is 14.4 Å². The quantitative estimate of drug-likeness (QED) is 0.690. The third-order valence-corrected chi connectivity index (χ3v) is 4.59. The summed E-state index contributed by atoms with van der Waals surface area (Å²) < 4.78 is 4.92. The van der Waals surface area contributed by atoms with Gasteiger partial charge in [0.1, 0.15) is 10.6 Å². The molecule has 124 valence electrons. The number of hydrogen-bond donors (Lipinski definition) is 2. The Balaban J connectivity index is 1.86. The molecular formula is C15H13N3O5S. The van der Waals surface area contributed by atoms with E-state index in [4.69, 9.17) is 4.52 Å². The van der Waals surface area contributed by atoms with Crippen LogP contribution in [0.25, 0.3) is 0 Å². The second kappa shape index (κ2) is 5.60. The van der Waals surface area contributed by atoms with Crippen LogP contribution in [-0.2, 0) is 0 Å². The Morgan fingerprint density at radius 3 is 2.62 bits per heavy atom. The summed E-state index contributed by atoms with van der Waals surface area (Å²) in [7, 11) is 1.51. The Hall–Kier alpha value is -2.94. The molecule has 0 aliphatic carbocycles. The minimum atomic E-state index is -0.638. The lowest BCUT2D eigenvalue weighted by atomic mass is 10.1. The van der Waals surface area contributed by atoms with E-state index in [1.807, 2.05) is 0 Å². The van der Waals surface area contributed by atoms with E-state index in [1.54, 1.807) is 13.0 Å². The first-order valence-corrected chi connectivity index (χ1v) is 7.78. The summed E-state index contributed by atoms with van der Waals surface area (Å²) in [5, 5.41) is 18.2. The molecule has 1 amide bonds. The molecule has 2 N–H and O–H groups in total. The van der Waals surface area contributed by atoms with Crippen molar-refractivity contribution in [1.82, 2.24) is 5.16 Å². The number of aromatic hydroxyl groups is 1. The first-order valence-electron chi connectivity index (χ1n) is 6.90. The molecule has 0 saturated heterocycles. The van der Waals surface area contributed by atoms with Crippen molar-refractivity contribution in [3.63, 3.8) is 0 Å². The van der Waals surface area contributed by atoms with E-state index in [0.717, 1.165) is 11.3 Å². The molecule has 24 heavy (non-hydrogen) atoms. The summed E-state index contributed by atoms with van der Waals surface area (Å²) in [5.74, 6) is 0.112. The van der Waals surface area contributed by atoms with Crippen molar-refractivity contribution in [2.75, 3.05) is 17.3 Å². The van der Waals surface area contributed by atoms with Crippen LogP contribution in [0.2, 0.25) is 0 Å². The molecule has 2 heterocycles. The van der Waals surface area contributed by atoms with Crippen molar-refractivity contribution in [3.8, 4) is 5.75 Å². The maximum Gasteiger partial charge on any atom is 0.273 e. The number of nitrogens with one attached hydrogen (secondary N) is 1. The van der Waals surface area contributed by atoms with Gasteiger partial charge in [-0.25, -0.2) is 0 Å². The van der Waals surface area contributed by atoms with Crippen LogP contribution < -0.4 is 21.1 Å². The second-order valence-electron chi connectivity index (χ2n) is 5.27. The molecule has 0 spiro atoms. The highest BCUT2D eigenvalue weighted by molar-refractivity contribution is 7.13. The average Bonchev–Trinajstić information content (AvgIpc) is 3.16. The van der Waals surface area contributed by atoms with Crippen LogP contribution in [0.3, 0.4) is 0 Å². The van der Waals surface area contributed by atoms with Gasteiger partial charge < -0.3 is 14.9 Å². The minimum Gasteiger partial charge on any atom is -0.504 e.